The molecule has 1 aromatic heterocycles. The smallest absolute Gasteiger partial charge is 0.0581 e. The van der Waals surface area contributed by atoms with Gasteiger partial charge in [0.25, 0.3) is 0 Å². The van der Waals surface area contributed by atoms with Crippen LogP contribution in [-0.2, 0) is 4.74 Å². The highest BCUT2D eigenvalue weighted by atomic mass is 79.9. The van der Waals surface area contributed by atoms with Gasteiger partial charge in [-0.1, -0.05) is 15.9 Å². The van der Waals surface area contributed by atoms with E-state index in [-0.39, 0.29) is 18.1 Å². The third-order valence-electron chi connectivity index (χ3n) is 3.12. The van der Waals surface area contributed by atoms with Crippen molar-refractivity contribution in [2.45, 2.75) is 13.0 Å². The molecule has 2 N–H and O–H groups in total. The Labute approximate surface area is 110 Å². The lowest BCUT2D eigenvalue weighted by atomic mass is 9.87. The number of nitrogens with zero attached hydrogens (tertiary/aromatic N) is 1. The molecule has 94 valence electrons. The average Bonchev–Trinajstić information content (AvgIpc) is 2.28. The van der Waals surface area contributed by atoms with Crippen molar-refractivity contribution < 1.29 is 9.84 Å². The molecular formula is C12H17BrN2O2. The van der Waals surface area contributed by atoms with Crippen LogP contribution in [0.1, 0.15) is 18.7 Å². The molecule has 1 aliphatic rings. The summed E-state index contributed by atoms with van der Waals surface area (Å²) in [6, 6.07) is 4.07. The Balaban J connectivity index is 1.91. The van der Waals surface area contributed by atoms with Crippen molar-refractivity contribution in [2.24, 2.45) is 5.41 Å². The third kappa shape index (κ3) is 3.04. The molecule has 2 heterocycles. The zero-order valence-electron chi connectivity index (χ0n) is 9.82. The van der Waals surface area contributed by atoms with Gasteiger partial charge in [-0.05, 0) is 19.1 Å². The van der Waals surface area contributed by atoms with Crippen molar-refractivity contribution in [2.75, 3.05) is 26.4 Å². The number of rotatable bonds is 5. The molecule has 5 heteroatoms. The summed E-state index contributed by atoms with van der Waals surface area (Å²) in [7, 11) is 0. The van der Waals surface area contributed by atoms with Crippen molar-refractivity contribution in [3.05, 3.63) is 28.5 Å². The lowest BCUT2D eigenvalue weighted by Gasteiger charge is -2.40. The zero-order chi connectivity index (χ0) is 12.3. The molecular weight excluding hydrogens is 284 g/mol. The molecule has 1 aliphatic heterocycles. The predicted octanol–water partition coefficient (Wildman–Crippen LogP) is 1.50. The monoisotopic (exact) mass is 300 g/mol. The minimum atomic E-state index is -0.0970. The van der Waals surface area contributed by atoms with E-state index in [1.807, 2.05) is 12.1 Å². The van der Waals surface area contributed by atoms with Gasteiger partial charge in [-0.15, -0.1) is 0 Å². The zero-order valence-corrected chi connectivity index (χ0v) is 11.4. The van der Waals surface area contributed by atoms with Gasteiger partial charge in [0.2, 0.25) is 0 Å². The Hall–Kier alpha value is -0.490. The minimum Gasteiger partial charge on any atom is -0.396 e. The predicted molar refractivity (Wildman–Crippen MR) is 68.7 cm³/mol. The maximum absolute atomic E-state index is 9.32. The molecule has 0 amide bonds. The number of hydrogen-bond acceptors (Lipinski definition) is 4. The van der Waals surface area contributed by atoms with E-state index in [0.717, 1.165) is 16.7 Å². The van der Waals surface area contributed by atoms with E-state index in [2.05, 4.69) is 33.2 Å². The summed E-state index contributed by atoms with van der Waals surface area (Å²) in [5, 5.41) is 12.7. The fraction of sp³-hybridized carbons (Fsp3) is 0.583. The van der Waals surface area contributed by atoms with Crippen LogP contribution in [0.5, 0.6) is 0 Å². The van der Waals surface area contributed by atoms with Crippen LogP contribution in [0.4, 0.5) is 0 Å². The minimum absolute atomic E-state index is 0.0970. The number of pyridine rings is 1. The van der Waals surface area contributed by atoms with Crippen molar-refractivity contribution in [3.8, 4) is 0 Å². The first-order chi connectivity index (χ1) is 8.15. The van der Waals surface area contributed by atoms with Crippen molar-refractivity contribution in [1.82, 2.24) is 10.3 Å². The summed E-state index contributed by atoms with van der Waals surface area (Å²) in [6.45, 7) is 4.25. The third-order valence-corrected chi connectivity index (χ3v) is 3.62. The molecule has 17 heavy (non-hydrogen) atoms. The summed E-state index contributed by atoms with van der Waals surface area (Å²) in [4.78, 5) is 4.32. The topological polar surface area (TPSA) is 54.4 Å². The van der Waals surface area contributed by atoms with Crippen LogP contribution in [0.2, 0.25) is 0 Å². The van der Waals surface area contributed by atoms with Gasteiger partial charge in [-0.3, -0.25) is 4.98 Å². The van der Waals surface area contributed by atoms with E-state index in [4.69, 9.17) is 4.74 Å². The molecule has 4 nitrogen and oxygen atoms in total. The largest absolute Gasteiger partial charge is 0.396 e. The van der Waals surface area contributed by atoms with Crippen molar-refractivity contribution in [3.63, 3.8) is 0 Å². The number of nitrogens with one attached hydrogen (secondary N) is 1. The Kier molecular flexibility index (Phi) is 4.14. The summed E-state index contributed by atoms with van der Waals surface area (Å²) in [5.41, 5.74) is 0.896. The van der Waals surface area contributed by atoms with Gasteiger partial charge in [0.05, 0.1) is 30.9 Å². The Morgan fingerprint density at radius 1 is 1.65 bits per heavy atom. The molecule has 0 spiro atoms. The summed E-state index contributed by atoms with van der Waals surface area (Å²) in [5.74, 6) is 0. The molecule has 0 radical (unpaired) electrons. The maximum atomic E-state index is 9.32. The molecule has 0 aliphatic carbocycles. The highest BCUT2D eigenvalue weighted by Crippen LogP contribution is 2.26. The SMILES string of the molecule is CC(NCC1(CO)COC1)c1cc(Br)ccn1. The lowest BCUT2D eigenvalue weighted by Crippen LogP contribution is -2.52. The molecule has 0 bridgehead atoms. The van der Waals surface area contributed by atoms with Gasteiger partial charge in [0.1, 0.15) is 0 Å². The molecule has 1 aromatic rings. The van der Waals surface area contributed by atoms with Crippen LogP contribution in [0.3, 0.4) is 0 Å². The molecule has 0 saturated carbocycles. The van der Waals surface area contributed by atoms with E-state index in [0.29, 0.717) is 13.2 Å². The Bertz CT molecular complexity index is 377. The molecule has 1 saturated heterocycles. The van der Waals surface area contributed by atoms with Crippen molar-refractivity contribution in [1.29, 1.82) is 0 Å². The maximum Gasteiger partial charge on any atom is 0.0581 e. The normalized spacial score (nSPS) is 19.7. The molecule has 1 fully saturated rings. The first kappa shape index (κ1) is 13.0. The van der Waals surface area contributed by atoms with Gasteiger partial charge >= 0.3 is 0 Å². The van der Waals surface area contributed by atoms with E-state index in [1.165, 1.54) is 0 Å². The van der Waals surface area contributed by atoms with Gasteiger partial charge in [-0.25, -0.2) is 0 Å². The highest BCUT2D eigenvalue weighted by Gasteiger charge is 2.38. The number of aromatic nitrogens is 1. The molecule has 1 atom stereocenters. The van der Waals surface area contributed by atoms with Crippen LogP contribution in [-0.4, -0.2) is 36.5 Å². The lowest BCUT2D eigenvalue weighted by molar-refractivity contribution is -0.135. The van der Waals surface area contributed by atoms with E-state index in [9.17, 15) is 5.11 Å². The van der Waals surface area contributed by atoms with Gasteiger partial charge < -0.3 is 15.2 Å². The fourth-order valence-electron chi connectivity index (χ4n) is 1.77. The van der Waals surface area contributed by atoms with Gasteiger partial charge in [0.15, 0.2) is 0 Å². The van der Waals surface area contributed by atoms with Crippen LogP contribution < -0.4 is 5.32 Å². The first-order valence-corrected chi connectivity index (χ1v) is 6.48. The highest BCUT2D eigenvalue weighted by molar-refractivity contribution is 9.10. The standard InChI is InChI=1S/C12H17BrN2O2/c1-9(11-4-10(13)2-3-14-11)15-5-12(6-16)7-17-8-12/h2-4,9,15-16H,5-8H2,1H3. The van der Waals surface area contributed by atoms with Crippen LogP contribution in [0, 0.1) is 5.41 Å². The van der Waals surface area contributed by atoms with Crippen LogP contribution in [0.15, 0.2) is 22.8 Å². The van der Waals surface area contributed by atoms with E-state index < -0.39 is 0 Å². The molecule has 2 rings (SSSR count). The van der Waals surface area contributed by atoms with E-state index >= 15 is 0 Å². The van der Waals surface area contributed by atoms with Gasteiger partial charge in [0, 0.05) is 23.3 Å². The quantitative estimate of drug-likeness (QED) is 0.865. The van der Waals surface area contributed by atoms with E-state index in [1.54, 1.807) is 6.20 Å². The average molecular weight is 301 g/mol. The summed E-state index contributed by atoms with van der Waals surface area (Å²) < 4.78 is 6.19. The van der Waals surface area contributed by atoms with Crippen LogP contribution >= 0.6 is 15.9 Å². The number of hydrogen-bond donors (Lipinski definition) is 2. The number of aliphatic hydroxyl groups excluding tert-OH is 1. The van der Waals surface area contributed by atoms with Gasteiger partial charge in [-0.2, -0.15) is 0 Å². The number of halogens is 1. The second-order valence-corrected chi connectivity index (χ2v) is 5.57. The van der Waals surface area contributed by atoms with Crippen LogP contribution in [0.25, 0.3) is 0 Å². The Morgan fingerprint density at radius 3 is 2.94 bits per heavy atom. The number of aliphatic hydroxyl groups is 1. The summed E-state index contributed by atoms with van der Waals surface area (Å²) >= 11 is 3.43. The summed E-state index contributed by atoms with van der Waals surface area (Å²) in [6.07, 6.45) is 1.78. The van der Waals surface area contributed by atoms with Crippen molar-refractivity contribution >= 4 is 15.9 Å². The number of ether oxygens (including phenoxy) is 1. The fourth-order valence-corrected chi connectivity index (χ4v) is 2.12. The second-order valence-electron chi connectivity index (χ2n) is 4.65. The second kappa shape index (κ2) is 5.44. The molecule has 0 aromatic carbocycles. The molecule has 1 unspecified atom stereocenters. The Morgan fingerprint density at radius 2 is 2.41 bits per heavy atom. The first-order valence-electron chi connectivity index (χ1n) is 5.69.